The smallest absolute Gasteiger partial charge is 0.230 e. The summed E-state index contributed by atoms with van der Waals surface area (Å²) in [4.78, 5) is 14.8. The summed E-state index contributed by atoms with van der Waals surface area (Å²) in [6, 6.07) is 0.0812. The van der Waals surface area contributed by atoms with Crippen molar-refractivity contribution < 1.29 is 9.90 Å². The number of nitrogens with zero attached hydrogens (tertiary/aromatic N) is 1. The zero-order valence-electron chi connectivity index (χ0n) is 12.0. The SMILES string of the molecule is NC1CCC2CC12C(=O)N1CCC(C2(O)CNC2)CC1. The second kappa shape index (κ2) is 4.18. The lowest BCUT2D eigenvalue weighted by atomic mass is 9.76. The molecule has 4 N–H and O–H groups in total. The number of rotatable bonds is 2. The molecule has 0 aromatic carbocycles. The number of likely N-dealkylation sites (tertiary alicyclic amines) is 1. The van der Waals surface area contributed by atoms with Gasteiger partial charge in [0.25, 0.3) is 0 Å². The first-order chi connectivity index (χ1) is 9.56. The lowest BCUT2D eigenvalue weighted by Crippen LogP contribution is -2.65. The van der Waals surface area contributed by atoms with Crippen LogP contribution in [0.2, 0.25) is 0 Å². The van der Waals surface area contributed by atoms with Crippen molar-refractivity contribution in [3.05, 3.63) is 0 Å². The van der Waals surface area contributed by atoms with Crippen molar-refractivity contribution in [1.82, 2.24) is 10.2 Å². The number of hydrogen-bond donors (Lipinski definition) is 3. The molecular formula is C15H25N3O2. The molecule has 3 unspecified atom stereocenters. The fourth-order valence-electron chi connectivity index (χ4n) is 4.81. The molecule has 0 radical (unpaired) electrons. The maximum atomic E-state index is 12.8. The van der Waals surface area contributed by atoms with Crippen LogP contribution in [0.4, 0.5) is 0 Å². The molecule has 5 heteroatoms. The van der Waals surface area contributed by atoms with Gasteiger partial charge in [-0.3, -0.25) is 4.79 Å². The van der Waals surface area contributed by atoms with Crippen molar-refractivity contribution in [2.75, 3.05) is 26.2 Å². The number of nitrogens with one attached hydrogen (secondary N) is 1. The maximum Gasteiger partial charge on any atom is 0.230 e. The number of β-amino-alcohol motifs (C(OH)–C–C–N with tert-alkyl or cyclic N) is 1. The Balaban J connectivity index is 1.39. The molecule has 4 rings (SSSR count). The number of piperidine rings is 1. The van der Waals surface area contributed by atoms with Gasteiger partial charge in [0.1, 0.15) is 0 Å². The molecule has 1 amide bonds. The van der Waals surface area contributed by atoms with E-state index < -0.39 is 5.60 Å². The molecule has 0 spiro atoms. The van der Waals surface area contributed by atoms with Crippen LogP contribution >= 0.6 is 0 Å². The van der Waals surface area contributed by atoms with Crippen molar-refractivity contribution in [3.8, 4) is 0 Å². The van der Waals surface area contributed by atoms with Gasteiger partial charge in [-0.05, 0) is 43.9 Å². The summed E-state index contributed by atoms with van der Waals surface area (Å²) in [7, 11) is 0. The highest BCUT2D eigenvalue weighted by Gasteiger charge is 2.67. The Hall–Kier alpha value is -0.650. The molecule has 4 fully saturated rings. The first kappa shape index (κ1) is 13.0. The molecule has 20 heavy (non-hydrogen) atoms. The van der Waals surface area contributed by atoms with Gasteiger partial charge in [0, 0.05) is 32.2 Å². The van der Waals surface area contributed by atoms with Crippen LogP contribution in [0.25, 0.3) is 0 Å². The zero-order valence-corrected chi connectivity index (χ0v) is 12.0. The highest BCUT2D eigenvalue weighted by molar-refractivity contribution is 5.87. The van der Waals surface area contributed by atoms with Crippen molar-refractivity contribution in [2.45, 2.75) is 43.7 Å². The maximum absolute atomic E-state index is 12.8. The molecule has 2 saturated carbocycles. The van der Waals surface area contributed by atoms with E-state index in [-0.39, 0.29) is 11.5 Å². The molecule has 2 heterocycles. The molecule has 112 valence electrons. The lowest BCUT2D eigenvalue weighted by molar-refractivity contribution is -0.142. The minimum atomic E-state index is -0.515. The molecule has 2 saturated heterocycles. The molecule has 2 aliphatic heterocycles. The largest absolute Gasteiger partial charge is 0.387 e. The van der Waals surface area contributed by atoms with E-state index in [2.05, 4.69) is 5.32 Å². The Labute approximate surface area is 119 Å². The molecular weight excluding hydrogens is 254 g/mol. The van der Waals surface area contributed by atoms with Gasteiger partial charge in [0.2, 0.25) is 5.91 Å². The molecule has 2 aliphatic carbocycles. The molecule has 4 aliphatic rings. The van der Waals surface area contributed by atoms with Gasteiger partial charge in [-0.1, -0.05) is 0 Å². The van der Waals surface area contributed by atoms with Crippen molar-refractivity contribution in [1.29, 1.82) is 0 Å². The zero-order chi connectivity index (χ0) is 14.0. The fraction of sp³-hybridized carbons (Fsp3) is 0.933. The van der Waals surface area contributed by atoms with Crippen molar-refractivity contribution in [3.63, 3.8) is 0 Å². The number of fused-ring (bicyclic) bond motifs is 1. The van der Waals surface area contributed by atoms with E-state index in [0.717, 1.165) is 45.2 Å². The summed E-state index contributed by atoms with van der Waals surface area (Å²) in [6.07, 6.45) is 5.02. The number of hydrogen-bond acceptors (Lipinski definition) is 4. The van der Waals surface area contributed by atoms with E-state index >= 15 is 0 Å². The Morgan fingerprint density at radius 3 is 2.30 bits per heavy atom. The number of carbonyl (C=O) groups is 1. The summed E-state index contributed by atoms with van der Waals surface area (Å²) in [5.74, 6) is 1.21. The molecule has 5 nitrogen and oxygen atoms in total. The third kappa shape index (κ3) is 1.63. The van der Waals surface area contributed by atoms with E-state index in [0.29, 0.717) is 30.8 Å². The van der Waals surface area contributed by atoms with E-state index in [1.54, 1.807) is 0 Å². The van der Waals surface area contributed by atoms with E-state index in [9.17, 15) is 9.90 Å². The third-order valence-corrected chi connectivity index (χ3v) is 6.44. The van der Waals surface area contributed by atoms with Gasteiger partial charge in [0.05, 0.1) is 11.0 Å². The van der Waals surface area contributed by atoms with Gasteiger partial charge in [0.15, 0.2) is 0 Å². The molecule has 0 bridgehead atoms. The van der Waals surface area contributed by atoms with Crippen LogP contribution in [0, 0.1) is 17.3 Å². The Kier molecular flexibility index (Phi) is 2.73. The van der Waals surface area contributed by atoms with Crippen molar-refractivity contribution in [2.24, 2.45) is 23.0 Å². The van der Waals surface area contributed by atoms with Crippen LogP contribution in [0.15, 0.2) is 0 Å². The second-order valence-corrected chi connectivity index (χ2v) is 7.40. The number of aliphatic hydroxyl groups is 1. The topological polar surface area (TPSA) is 78.6 Å². The van der Waals surface area contributed by atoms with Crippen LogP contribution in [-0.2, 0) is 4.79 Å². The summed E-state index contributed by atoms with van der Waals surface area (Å²) < 4.78 is 0. The molecule has 0 aromatic rings. The van der Waals surface area contributed by atoms with Gasteiger partial charge in [-0.15, -0.1) is 0 Å². The number of amides is 1. The predicted molar refractivity (Wildman–Crippen MR) is 74.9 cm³/mol. The van der Waals surface area contributed by atoms with Gasteiger partial charge < -0.3 is 21.1 Å². The Morgan fingerprint density at radius 2 is 1.85 bits per heavy atom. The fourth-order valence-corrected chi connectivity index (χ4v) is 4.81. The first-order valence-electron chi connectivity index (χ1n) is 8.04. The van der Waals surface area contributed by atoms with Crippen LogP contribution in [0.1, 0.15) is 32.1 Å². The lowest BCUT2D eigenvalue weighted by Gasteiger charge is -2.47. The average Bonchev–Trinajstić information content (AvgIpc) is 3.09. The van der Waals surface area contributed by atoms with Crippen LogP contribution < -0.4 is 11.1 Å². The van der Waals surface area contributed by atoms with E-state index in [1.165, 1.54) is 0 Å². The molecule has 3 atom stereocenters. The Morgan fingerprint density at radius 1 is 1.15 bits per heavy atom. The highest BCUT2D eigenvalue weighted by atomic mass is 16.3. The number of carbonyl (C=O) groups excluding carboxylic acids is 1. The summed E-state index contributed by atoms with van der Waals surface area (Å²) >= 11 is 0. The van der Waals surface area contributed by atoms with Crippen LogP contribution in [0.5, 0.6) is 0 Å². The van der Waals surface area contributed by atoms with Crippen LogP contribution in [-0.4, -0.2) is 53.7 Å². The highest BCUT2D eigenvalue weighted by Crippen LogP contribution is 2.63. The van der Waals surface area contributed by atoms with E-state index in [1.807, 2.05) is 4.90 Å². The van der Waals surface area contributed by atoms with E-state index in [4.69, 9.17) is 5.73 Å². The minimum Gasteiger partial charge on any atom is -0.387 e. The summed E-state index contributed by atoms with van der Waals surface area (Å²) in [5, 5.41) is 13.5. The first-order valence-corrected chi connectivity index (χ1v) is 8.04. The van der Waals surface area contributed by atoms with Gasteiger partial charge in [-0.2, -0.15) is 0 Å². The second-order valence-electron chi connectivity index (χ2n) is 7.40. The van der Waals surface area contributed by atoms with Crippen LogP contribution in [0.3, 0.4) is 0 Å². The Bertz CT molecular complexity index is 429. The third-order valence-electron chi connectivity index (χ3n) is 6.44. The monoisotopic (exact) mass is 279 g/mol. The summed E-state index contributed by atoms with van der Waals surface area (Å²) in [6.45, 7) is 3.02. The van der Waals surface area contributed by atoms with Gasteiger partial charge >= 0.3 is 0 Å². The summed E-state index contributed by atoms with van der Waals surface area (Å²) in [5.41, 5.74) is 5.49. The van der Waals surface area contributed by atoms with Crippen molar-refractivity contribution >= 4 is 5.91 Å². The minimum absolute atomic E-state index is 0.0812. The normalized spacial score (nSPS) is 43.0. The quantitative estimate of drug-likeness (QED) is 0.648. The predicted octanol–water partition coefficient (Wildman–Crippen LogP) is -0.313. The van der Waals surface area contributed by atoms with Gasteiger partial charge in [-0.25, -0.2) is 0 Å². The average molecular weight is 279 g/mol. The number of nitrogens with two attached hydrogens (primary N) is 1. The molecule has 0 aromatic heterocycles. The standard InChI is InChI=1S/C15H25N3O2/c16-12-2-1-11-7-15(11,12)13(19)18-5-3-10(4-6-18)14(20)8-17-9-14/h10-12,17,20H,1-9,16H2.